The van der Waals surface area contributed by atoms with E-state index in [1.54, 1.807) is 16.7 Å². The first-order chi connectivity index (χ1) is 11.1. The van der Waals surface area contributed by atoms with Gasteiger partial charge in [0.25, 0.3) is 0 Å². The Kier molecular flexibility index (Phi) is 4.06. The number of aldehydes is 1. The lowest BCUT2D eigenvalue weighted by Crippen LogP contribution is -2.03. The average molecular weight is 308 g/mol. The number of nitrogens with zero attached hydrogens (tertiary/aromatic N) is 2. The minimum absolute atomic E-state index is 0.111. The number of rotatable bonds is 4. The monoisotopic (exact) mass is 308 g/mol. The summed E-state index contributed by atoms with van der Waals surface area (Å²) in [6, 6.07) is 15.7. The van der Waals surface area contributed by atoms with Gasteiger partial charge in [0.05, 0.1) is 5.69 Å². The number of hydrogen-bond donors (Lipinski definition) is 0. The van der Waals surface area contributed by atoms with E-state index >= 15 is 0 Å². The van der Waals surface area contributed by atoms with Crippen LogP contribution in [0.4, 0.5) is 4.39 Å². The van der Waals surface area contributed by atoms with Crippen molar-refractivity contribution in [2.75, 3.05) is 0 Å². The molecule has 0 unspecified atom stereocenters. The first-order valence-electron chi connectivity index (χ1n) is 7.51. The fourth-order valence-corrected chi connectivity index (χ4v) is 2.62. The van der Waals surface area contributed by atoms with Gasteiger partial charge in [0.15, 0.2) is 6.29 Å². The van der Waals surface area contributed by atoms with Crippen molar-refractivity contribution in [1.29, 1.82) is 0 Å². The highest BCUT2D eigenvalue weighted by atomic mass is 19.1. The Labute approximate surface area is 134 Å². The predicted octanol–water partition coefficient (Wildman–Crippen LogP) is 4.61. The molecule has 0 amide bonds. The molecule has 0 saturated carbocycles. The number of carbonyl (C=O) groups is 1. The first kappa shape index (κ1) is 15.2. The molecule has 0 bridgehead atoms. The van der Waals surface area contributed by atoms with Gasteiger partial charge in [-0.1, -0.05) is 44.2 Å². The quantitative estimate of drug-likeness (QED) is 0.659. The van der Waals surface area contributed by atoms with Crippen molar-refractivity contribution >= 4 is 6.29 Å². The Morgan fingerprint density at radius 3 is 2.26 bits per heavy atom. The van der Waals surface area contributed by atoms with Crippen molar-refractivity contribution in [2.24, 2.45) is 0 Å². The first-order valence-corrected chi connectivity index (χ1v) is 7.51. The van der Waals surface area contributed by atoms with Crippen LogP contribution in [0.15, 0.2) is 54.6 Å². The summed E-state index contributed by atoms with van der Waals surface area (Å²) in [4.78, 5) is 16.4. The van der Waals surface area contributed by atoms with Crippen LogP contribution in [0.3, 0.4) is 0 Å². The molecule has 1 aromatic heterocycles. The van der Waals surface area contributed by atoms with Crippen molar-refractivity contribution in [3.63, 3.8) is 0 Å². The second-order valence-electron chi connectivity index (χ2n) is 5.66. The number of imidazole rings is 1. The van der Waals surface area contributed by atoms with Crippen molar-refractivity contribution in [3.8, 4) is 17.1 Å². The van der Waals surface area contributed by atoms with Gasteiger partial charge < -0.3 is 0 Å². The number of benzene rings is 2. The fourth-order valence-electron chi connectivity index (χ4n) is 2.62. The summed E-state index contributed by atoms with van der Waals surface area (Å²) in [7, 11) is 0. The molecule has 4 heteroatoms. The third kappa shape index (κ3) is 2.80. The topological polar surface area (TPSA) is 34.9 Å². The molecule has 0 aliphatic rings. The molecule has 1 heterocycles. The van der Waals surface area contributed by atoms with Crippen LogP contribution >= 0.6 is 0 Å². The van der Waals surface area contributed by atoms with Crippen LogP contribution in [-0.2, 0) is 0 Å². The molecular formula is C19H17FN2O. The summed E-state index contributed by atoms with van der Waals surface area (Å²) in [5.41, 5.74) is 2.87. The van der Waals surface area contributed by atoms with Gasteiger partial charge in [-0.15, -0.1) is 0 Å². The van der Waals surface area contributed by atoms with Gasteiger partial charge in [0, 0.05) is 11.3 Å². The largest absolute Gasteiger partial charge is 0.296 e. The van der Waals surface area contributed by atoms with Crippen molar-refractivity contribution in [2.45, 2.75) is 19.8 Å². The molecule has 0 saturated heterocycles. The maximum Gasteiger partial charge on any atom is 0.168 e. The lowest BCUT2D eigenvalue weighted by Gasteiger charge is -2.10. The Morgan fingerprint density at radius 2 is 1.70 bits per heavy atom. The van der Waals surface area contributed by atoms with Gasteiger partial charge in [0.2, 0.25) is 0 Å². The zero-order valence-corrected chi connectivity index (χ0v) is 13.0. The second-order valence-corrected chi connectivity index (χ2v) is 5.66. The SMILES string of the molecule is CC(C)c1nc(-c2ccccc2)n(-c2ccc(F)cc2)c1C=O. The van der Waals surface area contributed by atoms with Crippen molar-refractivity contribution in [1.82, 2.24) is 9.55 Å². The van der Waals surface area contributed by atoms with Crippen LogP contribution in [-0.4, -0.2) is 15.8 Å². The van der Waals surface area contributed by atoms with Gasteiger partial charge in [-0.2, -0.15) is 0 Å². The molecule has 116 valence electrons. The molecule has 2 aromatic carbocycles. The van der Waals surface area contributed by atoms with Gasteiger partial charge >= 0.3 is 0 Å². The van der Waals surface area contributed by atoms with Crippen LogP contribution in [0, 0.1) is 5.82 Å². The van der Waals surface area contributed by atoms with E-state index in [0.29, 0.717) is 17.2 Å². The molecule has 3 nitrogen and oxygen atoms in total. The van der Waals surface area contributed by atoms with Crippen molar-refractivity contribution < 1.29 is 9.18 Å². The minimum Gasteiger partial charge on any atom is -0.296 e. The summed E-state index contributed by atoms with van der Waals surface area (Å²) in [5.74, 6) is 0.481. The molecule has 0 N–H and O–H groups in total. The van der Waals surface area contributed by atoms with E-state index in [-0.39, 0.29) is 11.7 Å². The second kappa shape index (κ2) is 6.16. The lowest BCUT2D eigenvalue weighted by atomic mass is 10.1. The van der Waals surface area contributed by atoms with Gasteiger partial charge in [-0.25, -0.2) is 9.37 Å². The molecule has 23 heavy (non-hydrogen) atoms. The Bertz CT molecular complexity index is 821. The van der Waals surface area contributed by atoms with Gasteiger partial charge in [-0.3, -0.25) is 9.36 Å². The number of halogens is 1. The normalized spacial score (nSPS) is 11.0. The van der Waals surface area contributed by atoms with E-state index in [1.807, 2.05) is 44.2 Å². The Balaban J connectivity index is 2.30. The highest BCUT2D eigenvalue weighted by molar-refractivity contribution is 5.79. The molecule has 0 spiro atoms. The molecule has 0 aliphatic carbocycles. The van der Waals surface area contributed by atoms with E-state index in [4.69, 9.17) is 0 Å². The van der Waals surface area contributed by atoms with Crippen LogP contribution in [0.25, 0.3) is 17.1 Å². The zero-order valence-electron chi connectivity index (χ0n) is 13.0. The molecule has 3 aromatic rings. The van der Waals surface area contributed by atoms with Crippen LogP contribution in [0.5, 0.6) is 0 Å². The average Bonchev–Trinajstić information content (AvgIpc) is 2.96. The minimum atomic E-state index is -0.313. The van der Waals surface area contributed by atoms with Gasteiger partial charge in [0.1, 0.15) is 17.3 Å². The predicted molar refractivity (Wildman–Crippen MR) is 88.4 cm³/mol. The highest BCUT2D eigenvalue weighted by Gasteiger charge is 2.21. The maximum absolute atomic E-state index is 13.2. The molecule has 0 aliphatic heterocycles. The Hall–Kier alpha value is -2.75. The molecular weight excluding hydrogens is 291 g/mol. The van der Waals surface area contributed by atoms with Crippen LogP contribution in [0.2, 0.25) is 0 Å². The number of hydrogen-bond acceptors (Lipinski definition) is 2. The summed E-state index contributed by atoms with van der Waals surface area (Å²) < 4.78 is 15.0. The van der Waals surface area contributed by atoms with Gasteiger partial charge in [-0.05, 0) is 30.2 Å². The van der Waals surface area contributed by atoms with E-state index in [2.05, 4.69) is 4.98 Å². The third-order valence-electron chi connectivity index (χ3n) is 3.72. The van der Waals surface area contributed by atoms with E-state index < -0.39 is 0 Å². The van der Waals surface area contributed by atoms with E-state index in [0.717, 1.165) is 17.5 Å². The summed E-state index contributed by atoms with van der Waals surface area (Å²) in [6.07, 6.45) is 0.818. The standard InChI is InChI=1S/C19H17FN2O/c1-13(2)18-17(12-23)22(16-10-8-15(20)9-11-16)19(21-18)14-6-4-3-5-7-14/h3-13H,1-2H3. The number of carbonyl (C=O) groups excluding carboxylic acids is 1. The Morgan fingerprint density at radius 1 is 1.04 bits per heavy atom. The molecule has 3 rings (SSSR count). The molecule has 0 radical (unpaired) electrons. The molecule has 0 fully saturated rings. The third-order valence-corrected chi connectivity index (χ3v) is 3.72. The van der Waals surface area contributed by atoms with E-state index in [1.165, 1.54) is 12.1 Å². The fraction of sp³-hybridized carbons (Fsp3) is 0.158. The van der Waals surface area contributed by atoms with E-state index in [9.17, 15) is 9.18 Å². The zero-order chi connectivity index (χ0) is 16.4. The summed E-state index contributed by atoms with van der Waals surface area (Å²) >= 11 is 0. The van der Waals surface area contributed by atoms with Crippen LogP contribution in [0.1, 0.15) is 35.9 Å². The highest BCUT2D eigenvalue weighted by Crippen LogP contribution is 2.29. The molecule has 0 atom stereocenters. The lowest BCUT2D eigenvalue weighted by molar-refractivity contribution is 0.111. The smallest absolute Gasteiger partial charge is 0.168 e. The number of aromatic nitrogens is 2. The van der Waals surface area contributed by atoms with Crippen molar-refractivity contribution in [3.05, 3.63) is 71.8 Å². The maximum atomic E-state index is 13.2. The summed E-state index contributed by atoms with van der Waals surface area (Å²) in [6.45, 7) is 4.00. The summed E-state index contributed by atoms with van der Waals surface area (Å²) in [5, 5.41) is 0. The van der Waals surface area contributed by atoms with Crippen LogP contribution < -0.4 is 0 Å².